The van der Waals surface area contributed by atoms with E-state index in [1.165, 1.54) is 23.9 Å². The van der Waals surface area contributed by atoms with Crippen LogP contribution in [0.3, 0.4) is 0 Å². The molecule has 0 saturated heterocycles. The van der Waals surface area contributed by atoms with Crippen LogP contribution in [-0.4, -0.2) is 31.6 Å². The molecule has 9 heteroatoms. The first-order valence-corrected chi connectivity index (χ1v) is 8.02. The zero-order valence-corrected chi connectivity index (χ0v) is 13.8. The van der Waals surface area contributed by atoms with Crippen LogP contribution in [0.1, 0.15) is 5.69 Å². The van der Waals surface area contributed by atoms with Gasteiger partial charge in [0.05, 0.1) is 5.75 Å². The molecular weight excluding hydrogens is 333 g/mol. The number of hydrogen-bond acceptors (Lipinski definition) is 6. The van der Waals surface area contributed by atoms with Crippen molar-refractivity contribution in [2.24, 2.45) is 7.05 Å². The first kappa shape index (κ1) is 16.2. The molecule has 0 aliphatic carbocycles. The Hall–Kier alpha value is -2.68. The third-order valence-electron chi connectivity index (χ3n) is 3.19. The van der Waals surface area contributed by atoms with E-state index in [0.717, 1.165) is 10.6 Å². The predicted molar refractivity (Wildman–Crippen MR) is 87.0 cm³/mol. The van der Waals surface area contributed by atoms with Crippen LogP contribution in [-0.2, 0) is 11.8 Å². The van der Waals surface area contributed by atoms with Crippen molar-refractivity contribution in [1.82, 2.24) is 20.0 Å². The molecule has 0 aliphatic heterocycles. The summed E-state index contributed by atoms with van der Waals surface area (Å²) in [5.41, 5.74) is 1.49. The number of amides is 1. The molecule has 0 spiro atoms. The minimum atomic E-state index is -0.313. The van der Waals surface area contributed by atoms with Crippen LogP contribution < -0.4 is 5.32 Å². The normalized spacial score (nSPS) is 10.8. The molecule has 2 heterocycles. The SMILES string of the molecule is Cc1cc(-c2nnc(NC(=O)CSc3ccc(F)cc3)o2)nn1C. The summed E-state index contributed by atoms with van der Waals surface area (Å²) in [6.07, 6.45) is 0. The largest absolute Gasteiger partial charge is 0.401 e. The second-order valence-corrected chi connectivity index (χ2v) is 6.05. The van der Waals surface area contributed by atoms with Gasteiger partial charge in [-0.3, -0.25) is 14.8 Å². The van der Waals surface area contributed by atoms with E-state index >= 15 is 0 Å². The maximum absolute atomic E-state index is 12.8. The Balaban J connectivity index is 1.58. The summed E-state index contributed by atoms with van der Waals surface area (Å²) in [6.45, 7) is 1.90. The third kappa shape index (κ3) is 3.80. The van der Waals surface area contributed by atoms with Crippen molar-refractivity contribution in [2.45, 2.75) is 11.8 Å². The topological polar surface area (TPSA) is 85.8 Å². The number of halogens is 1. The van der Waals surface area contributed by atoms with Crippen LogP contribution in [0.5, 0.6) is 0 Å². The molecule has 0 unspecified atom stereocenters. The summed E-state index contributed by atoms with van der Waals surface area (Å²) in [6, 6.07) is 7.74. The molecule has 3 rings (SSSR count). The molecule has 1 amide bonds. The fourth-order valence-electron chi connectivity index (χ4n) is 1.88. The van der Waals surface area contributed by atoms with Crippen LogP contribution in [0.4, 0.5) is 10.4 Å². The molecule has 124 valence electrons. The maximum atomic E-state index is 12.8. The highest BCUT2D eigenvalue weighted by Crippen LogP contribution is 2.20. The molecule has 0 fully saturated rings. The van der Waals surface area contributed by atoms with Gasteiger partial charge in [-0.25, -0.2) is 4.39 Å². The van der Waals surface area contributed by atoms with Crippen LogP contribution in [0.25, 0.3) is 11.6 Å². The number of carbonyl (C=O) groups excluding carboxylic acids is 1. The highest BCUT2D eigenvalue weighted by Gasteiger charge is 2.14. The Kier molecular flexibility index (Phi) is 4.61. The molecule has 3 aromatic rings. The Morgan fingerprint density at radius 1 is 1.33 bits per heavy atom. The number of aryl methyl sites for hydroxylation is 2. The van der Waals surface area contributed by atoms with Crippen molar-refractivity contribution in [1.29, 1.82) is 0 Å². The van der Waals surface area contributed by atoms with Crippen LogP contribution in [0, 0.1) is 12.7 Å². The monoisotopic (exact) mass is 347 g/mol. The number of aromatic nitrogens is 4. The maximum Gasteiger partial charge on any atom is 0.322 e. The zero-order valence-electron chi connectivity index (χ0n) is 13.0. The molecule has 1 aromatic carbocycles. The van der Waals surface area contributed by atoms with E-state index < -0.39 is 0 Å². The molecule has 0 bridgehead atoms. The van der Waals surface area contributed by atoms with E-state index in [2.05, 4.69) is 20.6 Å². The number of anilines is 1. The number of nitrogens with one attached hydrogen (secondary N) is 1. The average Bonchev–Trinajstić information content (AvgIpc) is 3.14. The van der Waals surface area contributed by atoms with Gasteiger partial charge in [-0.05, 0) is 37.3 Å². The third-order valence-corrected chi connectivity index (χ3v) is 4.20. The van der Waals surface area contributed by atoms with Gasteiger partial charge in [0.1, 0.15) is 11.5 Å². The van der Waals surface area contributed by atoms with Gasteiger partial charge in [0.15, 0.2) is 0 Å². The molecule has 7 nitrogen and oxygen atoms in total. The molecule has 0 atom stereocenters. The van der Waals surface area contributed by atoms with E-state index in [-0.39, 0.29) is 29.4 Å². The number of rotatable bonds is 5. The Morgan fingerprint density at radius 2 is 2.08 bits per heavy atom. The lowest BCUT2D eigenvalue weighted by Gasteiger charge is -2.01. The second kappa shape index (κ2) is 6.83. The predicted octanol–water partition coefficient (Wildman–Crippen LogP) is 2.65. The lowest BCUT2D eigenvalue weighted by molar-refractivity contribution is -0.113. The smallest absolute Gasteiger partial charge is 0.322 e. The summed E-state index contributed by atoms with van der Waals surface area (Å²) in [7, 11) is 1.81. The van der Waals surface area contributed by atoms with Crippen LogP contribution in [0.2, 0.25) is 0 Å². The molecule has 0 aliphatic rings. The number of carbonyl (C=O) groups is 1. The van der Waals surface area contributed by atoms with Gasteiger partial charge in [-0.15, -0.1) is 16.9 Å². The van der Waals surface area contributed by atoms with E-state index in [1.807, 2.05) is 20.0 Å². The summed E-state index contributed by atoms with van der Waals surface area (Å²) >= 11 is 1.28. The number of nitrogens with zero attached hydrogens (tertiary/aromatic N) is 4. The van der Waals surface area contributed by atoms with E-state index in [4.69, 9.17) is 4.42 Å². The van der Waals surface area contributed by atoms with Gasteiger partial charge < -0.3 is 4.42 Å². The molecule has 24 heavy (non-hydrogen) atoms. The van der Waals surface area contributed by atoms with E-state index in [1.54, 1.807) is 16.8 Å². The van der Waals surface area contributed by atoms with Crippen molar-refractivity contribution in [3.63, 3.8) is 0 Å². The first-order valence-electron chi connectivity index (χ1n) is 7.04. The van der Waals surface area contributed by atoms with Gasteiger partial charge in [0.2, 0.25) is 5.91 Å². The lowest BCUT2D eigenvalue weighted by atomic mass is 10.4. The molecule has 2 aromatic heterocycles. The summed E-state index contributed by atoms with van der Waals surface area (Å²) in [5.74, 6) is -0.227. The standard InChI is InChI=1S/C15H14FN5O2S/c1-9-7-12(20-21(9)2)14-18-19-15(23-14)17-13(22)8-24-11-5-3-10(16)4-6-11/h3-7H,8H2,1-2H3,(H,17,19,22). The Morgan fingerprint density at radius 3 is 2.75 bits per heavy atom. The van der Waals surface area contributed by atoms with Crippen molar-refractivity contribution in [3.8, 4) is 11.6 Å². The minimum absolute atomic E-state index is 0.0120. The fourth-order valence-corrected chi connectivity index (χ4v) is 2.58. The molecule has 1 N–H and O–H groups in total. The van der Waals surface area contributed by atoms with Gasteiger partial charge in [0, 0.05) is 17.6 Å². The van der Waals surface area contributed by atoms with E-state index in [9.17, 15) is 9.18 Å². The molecular formula is C15H14FN5O2S. The average molecular weight is 347 g/mol. The summed E-state index contributed by atoms with van der Waals surface area (Å²) < 4.78 is 19.9. The van der Waals surface area contributed by atoms with E-state index in [0.29, 0.717) is 5.69 Å². The highest BCUT2D eigenvalue weighted by molar-refractivity contribution is 8.00. The van der Waals surface area contributed by atoms with Crippen LogP contribution >= 0.6 is 11.8 Å². The Bertz CT molecular complexity index is 840. The van der Waals surface area contributed by atoms with Gasteiger partial charge >= 0.3 is 6.01 Å². The van der Waals surface area contributed by atoms with Crippen molar-refractivity contribution < 1.29 is 13.6 Å². The van der Waals surface area contributed by atoms with Crippen LogP contribution in [0.15, 0.2) is 39.6 Å². The quantitative estimate of drug-likeness (QED) is 0.714. The number of thioether (sulfide) groups is 1. The number of benzene rings is 1. The second-order valence-electron chi connectivity index (χ2n) is 5.00. The van der Waals surface area contributed by atoms with Gasteiger partial charge in [-0.2, -0.15) is 5.10 Å². The Labute approximate surface area is 141 Å². The summed E-state index contributed by atoms with van der Waals surface area (Å²) in [4.78, 5) is 12.7. The minimum Gasteiger partial charge on any atom is -0.401 e. The van der Waals surface area contributed by atoms with Crippen molar-refractivity contribution in [2.75, 3.05) is 11.1 Å². The fraction of sp³-hybridized carbons (Fsp3) is 0.200. The lowest BCUT2D eigenvalue weighted by Crippen LogP contribution is -2.14. The number of hydrogen-bond donors (Lipinski definition) is 1. The van der Waals surface area contributed by atoms with Crippen molar-refractivity contribution in [3.05, 3.63) is 41.8 Å². The molecule has 0 saturated carbocycles. The van der Waals surface area contributed by atoms with Gasteiger partial charge in [0.25, 0.3) is 5.89 Å². The first-order chi connectivity index (χ1) is 11.5. The molecule has 0 radical (unpaired) electrons. The summed E-state index contributed by atoms with van der Waals surface area (Å²) in [5, 5.41) is 14.4. The van der Waals surface area contributed by atoms with Gasteiger partial charge in [-0.1, -0.05) is 5.10 Å². The zero-order chi connectivity index (χ0) is 17.1. The van der Waals surface area contributed by atoms with Crippen molar-refractivity contribution >= 4 is 23.7 Å². The highest BCUT2D eigenvalue weighted by atomic mass is 32.2.